The Morgan fingerprint density at radius 1 is 0.914 bits per heavy atom. The Bertz CT molecular complexity index is 1250. The SMILES string of the molecule is CC[C@H](C(=O)NC)N(Cc1ccccc1)C(=O)CN(c1ccccc1Cl)S(=O)(=O)c1ccccc1. The third kappa shape index (κ3) is 6.21. The predicted octanol–water partition coefficient (Wildman–Crippen LogP) is 4.09. The van der Waals surface area contributed by atoms with E-state index in [0.29, 0.717) is 6.42 Å². The van der Waals surface area contributed by atoms with Crippen molar-refractivity contribution < 1.29 is 18.0 Å². The van der Waals surface area contributed by atoms with Gasteiger partial charge in [0.1, 0.15) is 12.6 Å². The van der Waals surface area contributed by atoms with E-state index < -0.39 is 28.5 Å². The molecule has 3 aromatic rings. The summed E-state index contributed by atoms with van der Waals surface area (Å²) in [6.07, 6.45) is 0.357. The molecule has 7 nitrogen and oxygen atoms in total. The zero-order valence-corrected chi connectivity index (χ0v) is 21.2. The fourth-order valence-electron chi connectivity index (χ4n) is 3.75. The summed E-state index contributed by atoms with van der Waals surface area (Å²) in [4.78, 5) is 27.8. The molecular formula is C26H28ClN3O4S. The maximum Gasteiger partial charge on any atom is 0.264 e. The number of amides is 2. The van der Waals surface area contributed by atoms with Gasteiger partial charge in [0, 0.05) is 13.6 Å². The number of carbonyl (C=O) groups is 2. The van der Waals surface area contributed by atoms with Gasteiger partial charge in [0.2, 0.25) is 11.8 Å². The molecule has 0 aliphatic heterocycles. The fourth-order valence-corrected chi connectivity index (χ4v) is 5.50. The first-order valence-electron chi connectivity index (χ1n) is 11.2. The number of likely N-dealkylation sites (N-methyl/N-ethyl adjacent to an activating group) is 1. The lowest BCUT2D eigenvalue weighted by molar-refractivity contribution is -0.140. The van der Waals surface area contributed by atoms with E-state index in [1.807, 2.05) is 30.3 Å². The van der Waals surface area contributed by atoms with Gasteiger partial charge in [-0.05, 0) is 36.2 Å². The number of para-hydroxylation sites is 1. The van der Waals surface area contributed by atoms with E-state index in [1.165, 1.54) is 24.1 Å². The van der Waals surface area contributed by atoms with Gasteiger partial charge in [-0.2, -0.15) is 0 Å². The van der Waals surface area contributed by atoms with E-state index in [-0.39, 0.29) is 28.1 Å². The Kier molecular flexibility index (Phi) is 8.89. The van der Waals surface area contributed by atoms with Gasteiger partial charge in [-0.15, -0.1) is 0 Å². The molecule has 1 N–H and O–H groups in total. The number of rotatable bonds is 10. The summed E-state index contributed by atoms with van der Waals surface area (Å²) in [6.45, 7) is 1.42. The molecule has 9 heteroatoms. The second-order valence-electron chi connectivity index (χ2n) is 7.82. The van der Waals surface area contributed by atoms with Crippen molar-refractivity contribution in [1.29, 1.82) is 0 Å². The van der Waals surface area contributed by atoms with Crippen LogP contribution in [0.25, 0.3) is 0 Å². The average molecular weight is 514 g/mol. The quantitative estimate of drug-likeness (QED) is 0.442. The van der Waals surface area contributed by atoms with Crippen molar-refractivity contribution in [3.63, 3.8) is 0 Å². The molecule has 0 saturated carbocycles. The minimum atomic E-state index is -4.14. The van der Waals surface area contributed by atoms with E-state index in [4.69, 9.17) is 11.6 Å². The maximum absolute atomic E-state index is 13.7. The third-order valence-electron chi connectivity index (χ3n) is 5.56. The number of halogens is 1. The number of carbonyl (C=O) groups excluding carboxylic acids is 2. The van der Waals surface area contributed by atoms with E-state index in [9.17, 15) is 18.0 Å². The van der Waals surface area contributed by atoms with E-state index in [2.05, 4.69) is 5.32 Å². The Hall–Kier alpha value is -3.36. The monoisotopic (exact) mass is 513 g/mol. The highest BCUT2D eigenvalue weighted by molar-refractivity contribution is 7.92. The number of anilines is 1. The van der Waals surface area contributed by atoms with Crippen LogP contribution in [0.5, 0.6) is 0 Å². The molecule has 0 aromatic heterocycles. The summed E-state index contributed by atoms with van der Waals surface area (Å²) in [6, 6.07) is 22.8. The predicted molar refractivity (Wildman–Crippen MR) is 138 cm³/mol. The van der Waals surface area contributed by atoms with Crippen molar-refractivity contribution in [3.8, 4) is 0 Å². The molecule has 0 heterocycles. The van der Waals surface area contributed by atoms with Crippen molar-refractivity contribution in [2.45, 2.75) is 30.8 Å². The first-order valence-corrected chi connectivity index (χ1v) is 13.0. The molecule has 0 saturated heterocycles. The Labute approximate surface area is 211 Å². The first-order chi connectivity index (χ1) is 16.8. The second-order valence-corrected chi connectivity index (χ2v) is 10.1. The molecule has 0 unspecified atom stereocenters. The molecule has 35 heavy (non-hydrogen) atoms. The highest BCUT2D eigenvalue weighted by Crippen LogP contribution is 2.30. The van der Waals surface area contributed by atoms with Crippen LogP contribution >= 0.6 is 11.6 Å². The van der Waals surface area contributed by atoms with Crippen molar-refractivity contribution >= 4 is 39.1 Å². The van der Waals surface area contributed by atoms with E-state index >= 15 is 0 Å². The van der Waals surface area contributed by atoms with Crippen LogP contribution in [0.1, 0.15) is 18.9 Å². The van der Waals surface area contributed by atoms with Gasteiger partial charge in [0.15, 0.2) is 0 Å². The van der Waals surface area contributed by atoms with E-state index in [1.54, 1.807) is 49.4 Å². The molecule has 2 amide bonds. The lowest BCUT2D eigenvalue weighted by atomic mass is 10.1. The highest BCUT2D eigenvalue weighted by atomic mass is 35.5. The van der Waals surface area contributed by atoms with Crippen LogP contribution in [0.3, 0.4) is 0 Å². The minimum Gasteiger partial charge on any atom is -0.357 e. The second kappa shape index (κ2) is 11.9. The summed E-state index contributed by atoms with van der Waals surface area (Å²) >= 11 is 6.37. The molecule has 0 aliphatic carbocycles. The zero-order valence-electron chi connectivity index (χ0n) is 19.6. The zero-order chi connectivity index (χ0) is 25.4. The standard InChI is InChI=1S/C26H28ClN3O4S/c1-3-23(26(32)28-2)29(18-20-12-6-4-7-13-20)25(31)19-30(24-17-11-10-16-22(24)27)35(33,34)21-14-8-5-9-15-21/h4-17,23H,3,18-19H2,1-2H3,(H,28,32)/t23-/m1/s1. The number of hydrogen-bond donors (Lipinski definition) is 1. The van der Waals surface area contributed by atoms with Gasteiger partial charge in [-0.25, -0.2) is 8.42 Å². The van der Waals surface area contributed by atoms with Gasteiger partial charge in [-0.3, -0.25) is 13.9 Å². The molecule has 0 fully saturated rings. The molecule has 3 aromatic carbocycles. The normalized spacial score (nSPS) is 12.0. The average Bonchev–Trinajstić information content (AvgIpc) is 2.88. The van der Waals surface area contributed by atoms with Crippen LogP contribution in [0.4, 0.5) is 5.69 Å². The van der Waals surface area contributed by atoms with Crippen molar-refractivity contribution in [3.05, 3.63) is 95.5 Å². The Balaban J connectivity index is 2.05. The number of hydrogen-bond acceptors (Lipinski definition) is 4. The molecule has 184 valence electrons. The van der Waals surface area contributed by atoms with Crippen molar-refractivity contribution in [2.24, 2.45) is 0 Å². The van der Waals surface area contributed by atoms with Crippen LogP contribution in [0.15, 0.2) is 89.8 Å². The lowest BCUT2D eigenvalue weighted by Crippen LogP contribution is -2.51. The van der Waals surface area contributed by atoms with Crippen LogP contribution in [-0.2, 0) is 26.2 Å². The number of nitrogens with one attached hydrogen (secondary N) is 1. The van der Waals surface area contributed by atoms with E-state index in [0.717, 1.165) is 9.87 Å². The molecule has 3 rings (SSSR count). The van der Waals surface area contributed by atoms with Crippen LogP contribution in [0, 0.1) is 0 Å². The van der Waals surface area contributed by atoms with Crippen LogP contribution in [0.2, 0.25) is 5.02 Å². The maximum atomic E-state index is 13.7. The van der Waals surface area contributed by atoms with Gasteiger partial charge in [0.25, 0.3) is 10.0 Å². The Morgan fingerprint density at radius 3 is 2.06 bits per heavy atom. The largest absolute Gasteiger partial charge is 0.357 e. The van der Waals surface area contributed by atoms with Gasteiger partial charge < -0.3 is 10.2 Å². The van der Waals surface area contributed by atoms with Gasteiger partial charge >= 0.3 is 0 Å². The summed E-state index contributed by atoms with van der Waals surface area (Å²) in [5.41, 5.74) is 0.998. The molecular weight excluding hydrogens is 486 g/mol. The summed E-state index contributed by atoms with van der Waals surface area (Å²) in [5, 5.41) is 2.79. The first kappa shape index (κ1) is 26.2. The van der Waals surface area contributed by atoms with Gasteiger partial charge in [0.05, 0.1) is 15.6 Å². The highest BCUT2D eigenvalue weighted by Gasteiger charge is 2.33. The summed E-state index contributed by atoms with van der Waals surface area (Å²) in [7, 11) is -2.63. The summed E-state index contributed by atoms with van der Waals surface area (Å²) in [5.74, 6) is -0.851. The number of nitrogens with zero attached hydrogens (tertiary/aromatic N) is 2. The smallest absolute Gasteiger partial charge is 0.264 e. The van der Waals surface area contributed by atoms with Crippen molar-refractivity contribution in [1.82, 2.24) is 10.2 Å². The topological polar surface area (TPSA) is 86.8 Å². The molecule has 1 atom stereocenters. The lowest BCUT2D eigenvalue weighted by Gasteiger charge is -2.33. The molecule has 0 radical (unpaired) electrons. The summed E-state index contributed by atoms with van der Waals surface area (Å²) < 4.78 is 28.3. The minimum absolute atomic E-state index is 0.0284. The number of benzene rings is 3. The fraction of sp³-hybridized carbons (Fsp3) is 0.231. The molecule has 0 aliphatic rings. The van der Waals surface area contributed by atoms with Crippen molar-refractivity contribution in [2.75, 3.05) is 17.9 Å². The van der Waals surface area contributed by atoms with Crippen LogP contribution in [-0.4, -0.2) is 44.8 Å². The Morgan fingerprint density at radius 2 is 1.49 bits per heavy atom. The number of sulfonamides is 1. The molecule has 0 bridgehead atoms. The van der Waals surface area contributed by atoms with Crippen LogP contribution < -0.4 is 9.62 Å². The molecule has 0 spiro atoms. The van der Waals surface area contributed by atoms with Gasteiger partial charge in [-0.1, -0.05) is 79.2 Å². The third-order valence-corrected chi connectivity index (χ3v) is 7.65.